The third kappa shape index (κ3) is 15.8. The minimum absolute atomic E-state index is 0.910. The molecular formula is C34H60BO2. The summed E-state index contributed by atoms with van der Waals surface area (Å²) in [5.41, 5.74) is 2.99. The summed E-state index contributed by atoms with van der Waals surface area (Å²) >= 11 is 0. The predicted molar refractivity (Wildman–Crippen MR) is 163 cm³/mol. The van der Waals surface area contributed by atoms with Gasteiger partial charge in [-0.05, 0) is 48.9 Å². The summed E-state index contributed by atoms with van der Waals surface area (Å²) < 4.78 is 11.2. The van der Waals surface area contributed by atoms with Crippen molar-refractivity contribution in [2.75, 3.05) is 0 Å². The Morgan fingerprint density at radius 1 is 0.405 bits per heavy atom. The topological polar surface area (TPSA) is 18.5 Å². The molecule has 1 aliphatic heterocycles. The summed E-state index contributed by atoms with van der Waals surface area (Å²) in [6, 6.07) is 4.51. The van der Waals surface area contributed by atoms with Crippen molar-refractivity contribution < 1.29 is 9.31 Å². The van der Waals surface area contributed by atoms with E-state index in [1.165, 1.54) is 186 Å². The van der Waals surface area contributed by atoms with Crippen LogP contribution >= 0.6 is 0 Å². The predicted octanol–water partition coefficient (Wildman–Crippen LogP) is 11.5. The summed E-state index contributed by atoms with van der Waals surface area (Å²) in [6.45, 7) is 4.60. The zero-order valence-corrected chi connectivity index (χ0v) is 24.9. The monoisotopic (exact) mass is 511 g/mol. The highest BCUT2D eigenvalue weighted by atomic mass is 16.6. The minimum Gasteiger partial charge on any atom is -0.524 e. The molecule has 1 heterocycles. The summed E-state index contributed by atoms with van der Waals surface area (Å²) in [5, 5.41) is 0. The summed E-state index contributed by atoms with van der Waals surface area (Å²) in [7, 11) is 1.48. The van der Waals surface area contributed by atoms with Gasteiger partial charge in [0.2, 0.25) is 0 Å². The van der Waals surface area contributed by atoms with Gasteiger partial charge in [-0.2, -0.15) is 0 Å². The van der Waals surface area contributed by atoms with Crippen LogP contribution in [0.3, 0.4) is 0 Å². The van der Waals surface area contributed by atoms with Gasteiger partial charge in [-0.1, -0.05) is 155 Å². The highest BCUT2D eigenvalue weighted by Crippen LogP contribution is 2.35. The Balaban J connectivity index is 1.54. The van der Waals surface area contributed by atoms with E-state index in [0.29, 0.717) is 0 Å². The number of rotatable bonds is 26. The molecule has 0 aliphatic carbocycles. The van der Waals surface area contributed by atoms with Crippen LogP contribution in [0.5, 0.6) is 11.5 Å². The van der Waals surface area contributed by atoms with E-state index in [1.54, 1.807) is 0 Å². The van der Waals surface area contributed by atoms with Gasteiger partial charge in [-0.25, -0.2) is 0 Å². The molecule has 0 aromatic heterocycles. The molecule has 0 N–H and O–H groups in total. The molecule has 1 aliphatic rings. The van der Waals surface area contributed by atoms with Gasteiger partial charge < -0.3 is 9.31 Å². The largest absolute Gasteiger partial charge is 0.658 e. The molecule has 37 heavy (non-hydrogen) atoms. The molecule has 0 atom stereocenters. The number of fused-ring (bicyclic) bond motifs is 1. The second kappa shape index (κ2) is 22.8. The van der Waals surface area contributed by atoms with Crippen molar-refractivity contribution in [3.8, 4) is 11.5 Å². The van der Waals surface area contributed by atoms with Crippen LogP contribution in [0.25, 0.3) is 0 Å². The fraction of sp³-hybridized carbons (Fsp3) is 0.824. The van der Waals surface area contributed by atoms with Crippen LogP contribution in [-0.4, -0.2) is 7.69 Å². The van der Waals surface area contributed by atoms with Crippen molar-refractivity contribution in [3.63, 3.8) is 0 Å². The Labute approximate surface area is 232 Å². The van der Waals surface area contributed by atoms with E-state index < -0.39 is 0 Å². The Hall–Kier alpha value is -1.12. The van der Waals surface area contributed by atoms with Gasteiger partial charge in [0.05, 0.1) is 0 Å². The van der Waals surface area contributed by atoms with Crippen molar-refractivity contribution in [1.29, 1.82) is 0 Å². The van der Waals surface area contributed by atoms with Gasteiger partial charge >= 0.3 is 7.69 Å². The summed E-state index contributed by atoms with van der Waals surface area (Å²) in [5.74, 6) is 1.82. The lowest BCUT2D eigenvalue weighted by Crippen LogP contribution is -1.99. The molecule has 1 aromatic carbocycles. The molecule has 1 radical (unpaired) electrons. The second-order valence-corrected chi connectivity index (χ2v) is 11.7. The zero-order valence-electron chi connectivity index (χ0n) is 24.9. The minimum atomic E-state index is 0.910. The molecule has 0 saturated heterocycles. The maximum absolute atomic E-state index is 5.58. The smallest absolute Gasteiger partial charge is 0.524 e. The van der Waals surface area contributed by atoms with Gasteiger partial charge in [0, 0.05) is 0 Å². The maximum atomic E-state index is 5.58. The molecule has 0 unspecified atom stereocenters. The molecule has 0 bridgehead atoms. The number of hydrogen-bond donors (Lipinski definition) is 0. The fourth-order valence-corrected chi connectivity index (χ4v) is 5.73. The maximum Gasteiger partial charge on any atom is 0.658 e. The van der Waals surface area contributed by atoms with Gasteiger partial charge in [-0.15, -0.1) is 0 Å². The molecule has 0 fully saturated rings. The number of unbranched alkanes of at least 4 members (excludes halogenated alkanes) is 22. The molecule has 2 nitrogen and oxygen atoms in total. The first-order valence-corrected chi connectivity index (χ1v) is 16.7. The average Bonchev–Trinajstić information content (AvgIpc) is 3.37. The number of aryl methyl sites for hydroxylation is 2. The Bertz CT molecular complexity index is 604. The quantitative estimate of drug-likeness (QED) is 0.0909. The molecule has 0 amide bonds. The normalized spacial score (nSPS) is 12.3. The van der Waals surface area contributed by atoms with E-state index in [1.807, 2.05) is 0 Å². The van der Waals surface area contributed by atoms with Crippen LogP contribution in [0.1, 0.15) is 179 Å². The van der Waals surface area contributed by atoms with E-state index in [0.717, 1.165) is 11.5 Å². The van der Waals surface area contributed by atoms with Crippen LogP contribution in [0, 0.1) is 0 Å². The molecular weight excluding hydrogens is 451 g/mol. The average molecular weight is 512 g/mol. The van der Waals surface area contributed by atoms with E-state index in [4.69, 9.17) is 9.31 Å². The van der Waals surface area contributed by atoms with Crippen molar-refractivity contribution in [2.24, 2.45) is 0 Å². The van der Waals surface area contributed by atoms with Gasteiger partial charge in [-0.3, -0.25) is 0 Å². The Morgan fingerprint density at radius 2 is 0.676 bits per heavy atom. The standard InChI is InChI=1S/C34H60BO2/c1-3-5-7-9-11-13-15-17-19-21-23-25-27-31-29-33-34(37-35-36-33)30-32(31)28-26-24-22-20-18-16-14-12-10-8-6-4-2/h29-30H,3-28H2,1-2H3. The zero-order chi connectivity index (χ0) is 26.2. The molecule has 1 aromatic rings. The molecule has 211 valence electrons. The van der Waals surface area contributed by atoms with E-state index in [9.17, 15) is 0 Å². The lowest BCUT2D eigenvalue weighted by Gasteiger charge is -2.12. The first-order valence-electron chi connectivity index (χ1n) is 16.7. The first kappa shape index (κ1) is 32.1. The lowest BCUT2D eigenvalue weighted by molar-refractivity contribution is 0.540. The number of benzene rings is 1. The van der Waals surface area contributed by atoms with Crippen LogP contribution in [0.2, 0.25) is 0 Å². The van der Waals surface area contributed by atoms with Crippen LogP contribution in [0.4, 0.5) is 0 Å². The van der Waals surface area contributed by atoms with Gasteiger partial charge in [0.25, 0.3) is 0 Å². The van der Waals surface area contributed by atoms with E-state index in [-0.39, 0.29) is 0 Å². The van der Waals surface area contributed by atoms with Crippen molar-refractivity contribution in [1.82, 2.24) is 0 Å². The molecule has 0 spiro atoms. The highest BCUT2D eigenvalue weighted by molar-refractivity contribution is 6.22. The van der Waals surface area contributed by atoms with Crippen molar-refractivity contribution in [3.05, 3.63) is 23.3 Å². The molecule has 0 saturated carbocycles. The van der Waals surface area contributed by atoms with E-state index >= 15 is 0 Å². The highest BCUT2D eigenvalue weighted by Gasteiger charge is 2.19. The Morgan fingerprint density at radius 3 is 0.973 bits per heavy atom. The Kier molecular flexibility index (Phi) is 19.8. The number of hydrogen-bond acceptors (Lipinski definition) is 2. The molecule has 2 rings (SSSR count). The summed E-state index contributed by atoms with van der Waals surface area (Å²) in [4.78, 5) is 0. The second-order valence-electron chi connectivity index (χ2n) is 11.7. The van der Waals surface area contributed by atoms with Crippen LogP contribution < -0.4 is 9.31 Å². The molecule has 3 heteroatoms. The van der Waals surface area contributed by atoms with Gasteiger partial charge in [0.1, 0.15) is 11.5 Å². The SMILES string of the molecule is CCCCCCCCCCCCCCc1cc2c(cc1CCCCCCCCCCCCCC)O[B]O2. The van der Waals surface area contributed by atoms with Crippen LogP contribution in [0.15, 0.2) is 12.1 Å². The fourth-order valence-electron chi connectivity index (χ4n) is 5.73. The first-order chi connectivity index (χ1) is 18.3. The van der Waals surface area contributed by atoms with Crippen molar-refractivity contribution in [2.45, 2.75) is 181 Å². The van der Waals surface area contributed by atoms with Gasteiger partial charge in [0.15, 0.2) is 0 Å². The van der Waals surface area contributed by atoms with E-state index in [2.05, 4.69) is 26.0 Å². The third-order valence-electron chi connectivity index (χ3n) is 8.22. The lowest BCUT2D eigenvalue weighted by atomic mass is 9.95. The third-order valence-corrected chi connectivity index (χ3v) is 8.22. The van der Waals surface area contributed by atoms with Crippen molar-refractivity contribution >= 4 is 7.69 Å². The summed E-state index contributed by atoms with van der Waals surface area (Å²) in [6.07, 6.45) is 36.1. The van der Waals surface area contributed by atoms with Crippen LogP contribution in [-0.2, 0) is 12.8 Å².